The summed E-state index contributed by atoms with van der Waals surface area (Å²) >= 11 is 5.77. The Bertz CT molecular complexity index is 377. The summed E-state index contributed by atoms with van der Waals surface area (Å²) in [6.07, 6.45) is 3.62. The van der Waals surface area contributed by atoms with Crippen LogP contribution in [-0.4, -0.2) is 23.0 Å². The summed E-state index contributed by atoms with van der Waals surface area (Å²) in [5.74, 6) is 0.574. The van der Waals surface area contributed by atoms with E-state index >= 15 is 0 Å². The fourth-order valence-corrected chi connectivity index (χ4v) is 1.33. The lowest BCUT2D eigenvalue weighted by molar-refractivity contribution is 0.0593. The van der Waals surface area contributed by atoms with Crippen molar-refractivity contribution in [1.29, 1.82) is 0 Å². The molecule has 0 unspecified atom stereocenters. The van der Waals surface area contributed by atoms with Gasteiger partial charge in [-0.15, -0.1) is 0 Å². The van der Waals surface area contributed by atoms with Gasteiger partial charge in [-0.3, -0.25) is 0 Å². The van der Waals surface area contributed by atoms with Gasteiger partial charge in [-0.25, -0.2) is 14.8 Å². The minimum Gasteiger partial charge on any atom is -0.464 e. The average Bonchev–Trinajstić information content (AvgIpc) is 3.01. The third-order valence-electron chi connectivity index (χ3n) is 2.08. The molecule has 1 fully saturated rings. The first-order valence-corrected chi connectivity index (χ1v) is 4.71. The zero-order chi connectivity index (χ0) is 10.1. The molecular weight excluding hydrogens is 204 g/mol. The average molecular weight is 213 g/mol. The minimum absolute atomic E-state index is 0.158. The maximum Gasteiger partial charge on any atom is 0.358 e. The summed E-state index contributed by atoms with van der Waals surface area (Å²) in [6, 6.07) is 0. The summed E-state index contributed by atoms with van der Waals surface area (Å²) < 4.78 is 4.56. The molecule has 0 spiro atoms. The summed E-state index contributed by atoms with van der Waals surface area (Å²) in [4.78, 5) is 19.4. The topological polar surface area (TPSA) is 52.1 Å². The number of carbonyl (C=O) groups is 1. The molecule has 2 rings (SSSR count). The number of rotatable bonds is 2. The molecule has 0 saturated heterocycles. The first-order chi connectivity index (χ1) is 6.72. The van der Waals surface area contributed by atoms with Crippen molar-refractivity contribution < 1.29 is 9.53 Å². The number of methoxy groups -OCH3 is 1. The summed E-state index contributed by atoms with van der Waals surface area (Å²) in [6.45, 7) is 0. The summed E-state index contributed by atoms with van der Waals surface area (Å²) in [7, 11) is 1.30. The zero-order valence-corrected chi connectivity index (χ0v) is 8.41. The fraction of sp³-hybridized carbons (Fsp3) is 0.444. The molecule has 0 N–H and O–H groups in total. The molecule has 0 atom stereocenters. The number of hydrogen-bond acceptors (Lipinski definition) is 4. The van der Waals surface area contributed by atoms with E-state index in [9.17, 15) is 4.79 Å². The number of nitrogens with zero attached hydrogens (tertiary/aromatic N) is 2. The maximum absolute atomic E-state index is 11.2. The van der Waals surface area contributed by atoms with Crippen LogP contribution in [0.1, 0.15) is 35.1 Å². The van der Waals surface area contributed by atoms with Crippen LogP contribution in [0.15, 0.2) is 6.20 Å². The van der Waals surface area contributed by atoms with E-state index in [1.165, 1.54) is 13.3 Å². The Balaban J connectivity index is 2.36. The van der Waals surface area contributed by atoms with Crippen LogP contribution in [0, 0.1) is 0 Å². The predicted molar refractivity (Wildman–Crippen MR) is 50.4 cm³/mol. The van der Waals surface area contributed by atoms with Gasteiger partial charge in [-0.1, -0.05) is 11.6 Å². The van der Waals surface area contributed by atoms with Crippen molar-refractivity contribution in [1.82, 2.24) is 9.97 Å². The van der Waals surface area contributed by atoms with Gasteiger partial charge in [0, 0.05) is 5.92 Å². The second kappa shape index (κ2) is 3.53. The van der Waals surface area contributed by atoms with E-state index in [-0.39, 0.29) is 10.7 Å². The molecule has 5 heteroatoms. The molecule has 0 aliphatic heterocycles. The summed E-state index contributed by atoms with van der Waals surface area (Å²) in [5.41, 5.74) is 0.158. The number of hydrogen-bond donors (Lipinski definition) is 0. The van der Waals surface area contributed by atoms with Gasteiger partial charge in [0.05, 0.1) is 18.3 Å². The SMILES string of the molecule is COC(=O)c1nc(C2CC2)ncc1Cl. The Morgan fingerprint density at radius 2 is 2.36 bits per heavy atom. The molecule has 74 valence electrons. The first kappa shape index (κ1) is 9.40. The van der Waals surface area contributed by atoms with Crippen molar-refractivity contribution in [2.24, 2.45) is 0 Å². The molecule has 14 heavy (non-hydrogen) atoms. The lowest BCUT2D eigenvalue weighted by Crippen LogP contribution is -2.08. The lowest BCUT2D eigenvalue weighted by Gasteiger charge is -2.02. The van der Waals surface area contributed by atoms with Crippen molar-refractivity contribution >= 4 is 17.6 Å². The zero-order valence-electron chi connectivity index (χ0n) is 7.66. The molecule has 1 heterocycles. The molecule has 1 saturated carbocycles. The van der Waals surface area contributed by atoms with E-state index in [2.05, 4.69) is 14.7 Å². The van der Waals surface area contributed by atoms with Crippen LogP contribution >= 0.6 is 11.6 Å². The van der Waals surface area contributed by atoms with E-state index in [0.29, 0.717) is 11.7 Å². The number of esters is 1. The van der Waals surface area contributed by atoms with Crippen LogP contribution in [-0.2, 0) is 4.74 Å². The highest BCUT2D eigenvalue weighted by atomic mass is 35.5. The first-order valence-electron chi connectivity index (χ1n) is 4.33. The van der Waals surface area contributed by atoms with Crippen molar-refractivity contribution in [2.75, 3.05) is 7.11 Å². The van der Waals surface area contributed by atoms with Gasteiger partial charge in [0.1, 0.15) is 5.82 Å². The van der Waals surface area contributed by atoms with Gasteiger partial charge in [0.25, 0.3) is 0 Å². The van der Waals surface area contributed by atoms with Gasteiger partial charge in [-0.05, 0) is 12.8 Å². The minimum atomic E-state index is -0.515. The molecule has 1 aromatic heterocycles. The van der Waals surface area contributed by atoms with Gasteiger partial charge in [-0.2, -0.15) is 0 Å². The Kier molecular flexibility index (Phi) is 2.37. The maximum atomic E-state index is 11.2. The monoisotopic (exact) mass is 212 g/mol. The highest BCUT2D eigenvalue weighted by molar-refractivity contribution is 6.33. The second-order valence-corrected chi connectivity index (χ2v) is 3.60. The smallest absolute Gasteiger partial charge is 0.358 e. The Morgan fingerprint density at radius 1 is 1.64 bits per heavy atom. The fourth-order valence-electron chi connectivity index (χ4n) is 1.16. The van der Waals surface area contributed by atoms with E-state index in [4.69, 9.17) is 11.6 Å². The third-order valence-corrected chi connectivity index (χ3v) is 2.36. The van der Waals surface area contributed by atoms with E-state index in [0.717, 1.165) is 12.8 Å². The molecule has 0 radical (unpaired) electrons. The standard InChI is InChI=1S/C9H9ClN2O2/c1-14-9(13)7-6(10)4-11-8(12-7)5-2-3-5/h4-5H,2-3H2,1H3. The number of aromatic nitrogens is 2. The second-order valence-electron chi connectivity index (χ2n) is 3.19. The van der Waals surface area contributed by atoms with Gasteiger partial charge < -0.3 is 4.74 Å². The molecular formula is C9H9ClN2O2. The predicted octanol–water partition coefficient (Wildman–Crippen LogP) is 1.79. The molecule has 1 aliphatic carbocycles. The Morgan fingerprint density at radius 3 is 2.93 bits per heavy atom. The Hall–Kier alpha value is -1.16. The molecule has 4 nitrogen and oxygen atoms in total. The largest absolute Gasteiger partial charge is 0.464 e. The van der Waals surface area contributed by atoms with Crippen LogP contribution < -0.4 is 0 Å². The van der Waals surface area contributed by atoms with Crippen molar-refractivity contribution in [2.45, 2.75) is 18.8 Å². The lowest BCUT2D eigenvalue weighted by atomic mass is 10.3. The number of halogens is 1. The number of ether oxygens (including phenoxy) is 1. The van der Waals surface area contributed by atoms with Gasteiger partial charge in [0.2, 0.25) is 0 Å². The van der Waals surface area contributed by atoms with Crippen LogP contribution in [0.2, 0.25) is 5.02 Å². The Labute approximate surface area is 86.3 Å². The summed E-state index contributed by atoms with van der Waals surface area (Å²) in [5, 5.41) is 0.237. The van der Waals surface area contributed by atoms with Gasteiger partial charge in [0.15, 0.2) is 5.69 Å². The van der Waals surface area contributed by atoms with E-state index in [1.807, 2.05) is 0 Å². The molecule has 0 bridgehead atoms. The molecule has 0 amide bonds. The molecule has 0 aromatic carbocycles. The van der Waals surface area contributed by atoms with Crippen LogP contribution in [0.4, 0.5) is 0 Å². The van der Waals surface area contributed by atoms with Crippen LogP contribution in [0.5, 0.6) is 0 Å². The molecule has 1 aromatic rings. The van der Waals surface area contributed by atoms with Crippen molar-refractivity contribution in [3.63, 3.8) is 0 Å². The van der Waals surface area contributed by atoms with Crippen LogP contribution in [0.3, 0.4) is 0 Å². The van der Waals surface area contributed by atoms with E-state index < -0.39 is 5.97 Å². The quantitative estimate of drug-likeness (QED) is 0.702. The molecule has 1 aliphatic rings. The number of carbonyl (C=O) groups excluding carboxylic acids is 1. The van der Waals surface area contributed by atoms with Crippen molar-refractivity contribution in [3.05, 3.63) is 22.7 Å². The highest BCUT2D eigenvalue weighted by Crippen LogP contribution is 2.38. The third kappa shape index (κ3) is 1.70. The normalized spacial score (nSPS) is 15.3. The highest BCUT2D eigenvalue weighted by Gasteiger charge is 2.28. The van der Waals surface area contributed by atoms with Gasteiger partial charge >= 0.3 is 5.97 Å². The van der Waals surface area contributed by atoms with Crippen molar-refractivity contribution in [3.8, 4) is 0 Å². The van der Waals surface area contributed by atoms with E-state index in [1.54, 1.807) is 0 Å². The van der Waals surface area contributed by atoms with Crippen LogP contribution in [0.25, 0.3) is 0 Å².